The van der Waals surface area contributed by atoms with Crippen molar-refractivity contribution in [2.75, 3.05) is 31.5 Å². The van der Waals surface area contributed by atoms with Crippen LogP contribution in [0.15, 0.2) is 30.3 Å². The monoisotopic (exact) mass is 385 g/mol. The summed E-state index contributed by atoms with van der Waals surface area (Å²) in [5, 5.41) is 2.96. The lowest BCUT2D eigenvalue weighted by Gasteiger charge is -2.37. The molecule has 2 saturated heterocycles. The number of nitrogens with one attached hydrogen (secondary N) is 1. The Hall–Kier alpha value is -2.37. The third-order valence-corrected chi connectivity index (χ3v) is 5.79. The number of carbonyl (C=O) groups is 3. The molecule has 3 rings (SSSR count). The van der Waals surface area contributed by atoms with Gasteiger partial charge in [-0.05, 0) is 37.8 Å². The van der Waals surface area contributed by atoms with E-state index in [0.29, 0.717) is 32.5 Å². The molecular weight excluding hydrogens is 354 g/mol. The van der Waals surface area contributed by atoms with Crippen LogP contribution in [0.3, 0.4) is 0 Å². The third kappa shape index (κ3) is 4.91. The molecule has 2 aliphatic heterocycles. The molecule has 152 valence electrons. The Balaban J connectivity index is 1.52. The van der Waals surface area contributed by atoms with E-state index >= 15 is 0 Å². The normalized spacial score (nSPS) is 20.9. The maximum atomic E-state index is 13.0. The van der Waals surface area contributed by atoms with Crippen molar-refractivity contribution in [1.29, 1.82) is 0 Å². The molecule has 2 heterocycles. The van der Waals surface area contributed by atoms with E-state index in [1.165, 1.54) is 0 Å². The minimum atomic E-state index is -0.166. The second-order valence-corrected chi connectivity index (χ2v) is 8.23. The predicted octanol–water partition coefficient (Wildman–Crippen LogP) is 2.76. The number of nitrogens with zero attached hydrogens (tertiary/aromatic N) is 2. The van der Waals surface area contributed by atoms with E-state index in [2.05, 4.69) is 5.32 Å². The summed E-state index contributed by atoms with van der Waals surface area (Å²) in [5.41, 5.74) is 0.790. The molecule has 0 bridgehead atoms. The Labute approximate surface area is 167 Å². The summed E-state index contributed by atoms with van der Waals surface area (Å²) in [5.74, 6) is 0.0994. The summed E-state index contributed by atoms with van der Waals surface area (Å²) >= 11 is 0. The number of benzene rings is 1. The van der Waals surface area contributed by atoms with Gasteiger partial charge in [0.05, 0.1) is 5.92 Å². The summed E-state index contributed by atoms with van der Waals surface area (Å²) in [4.78, 5) is 41.5. The Morgan fingerprint density at radius 2 is 1.61 bits per heavy atom. The standard InChI is InChI=1S/C22H31N3O3/c1-16(2)21(27)24-13-10-17(11-14-24)22(28)25-12-6-7-18(15-25)20(26)23-19-8-4-3-5-9-19/h3-5,8-9,16-18H,6-7,10-15H2,1-2H3,(H,23,26). The van der Waals surface area contributed by atoms with Gasteiger partial charge in [-0.3, -0.25) is 14.4 Å². The van der Waals surface area contributed by atoms with E-state index in [1.54, 1.807) is 0 Å². The fourth-order valence-corrected chi connectivity index (χ4v) is 4.13. The van der Waals surface area contributed by atoms with Crippen LogP contribution in [0, 0.1) is 17.8 Å². The quantitative estimate of drug-likeness (QED) is 0.866. The summed E-state index contributed by atoms with van der Waals surface area (Å²) < 4.78 is 0. The summed E-state index contributed by atoms with van der Waals surface area (Å²) in [6.07, 6.45) is 3.09. The molecule has 1 aromatic rings. The predicted molar refractivity (Wildman–Crippen MR) is 109 cm³/mol. The minimum absolute atomic E-state index is 0.00164. The van der Waals surface area contributed by atoms with Gasteiger partial charge in [0.1, 0.15) is 0 Å². The lowest BCUT2D eigenvalue weighted by molar-refractivity contribution is -0.143. The average molecular weight is 386 g/mol. The summed E-state index contributed by atoms with van der Waals surface area (Å²) in [6, 6.07) is 9.44. The largest absolute Gasteiger partial charge is 0.342 e. The molecule has 1 unspecified atom stereocenters. The molecule has 0 saturated carbocycles. The molecule has 6 heteroatoms. The van der Waals surface area contributed by atoms with Crippen molar-refractivity contribution in [2.24, 2.45) is 17.8 Å². The average Bonchev–Trinajstić information content (AvgIpc) is 2.73. The van der Waals surface area contributed by atoms with Gasteiger partial charge in [-0.25, -0.2) is 0 Å². The molecule has 1 aromatic carbocycles. The molecule has 0 aromatic heterocycles. The zero-order valence-corrected chi connectivity index (χ0v) is 16.9. The molecule has 2 fully saturated rings. The highest BCUT2D eigenvalue weighted by Crippen LogP contribution is 2.25. The van der Waals surface area contributed by atoms with Gasteiger partial charge in [-0.2, -0.15) is 0 Å². The van der Waals surface area contributed by atoms with Gasteiger partial charge in [0.25, 0.3) is 0 Å². The van der Waals surface area contributed by atoms with Gasteiger partial charge >= 0.3 is 0 Å². The fourth-order valence-electron chi connectivity index (χ4n) is 4.13. The van der Waals surface area contributed by atoms with Crippen molar-refractivity contribution in [3.63, 3.8) is 0 Å². The van der Waals surface area contributed by atoms with Gasteiger partial charge < -0.3 is 15.1 Å². The Kier molecular flexibility index (Phi) is 6.70. The van der Waals surface area contributed by atoms with E-state index in [9.17, 15) is 14.4 Å². The highest BCUT2D eigenvalue weighted by Gasteiger charge is 2.34. The van der Waals surface area contributed by atoms with E-state index in [1.807, 2.05) is 54.0 Å². The first kappa shape index (κ1) is 20.4. The maximum absolute atomic E-state index is 13.0. The van der Waals surface area contributed by atoms with Crippen LogP contribution in [-0.4, -0.2) is 53.7 Å². The molecule has 6 nitrogen and oxygen atoms in total. The second-order valence-electron chi connectivity index (χ2n) is 8.23. The van der Waals surface area contributed by atoms with Crippen LogP contribution >= 0.6 is 0 Å². The number of hydrogen-bond donors (Lipinski definition) is 1. The Morgan fingerprint density at radius 1 is 0.929 bits per heavy atom. The highest BCUT2D eigenvalue weighted by molar-refractivity contribution is 5.93. The van der Waals surface area contributed by atoms with Crippen LogP contribution in [0.4, 0.5) is 5.69 Å². The van der Waals surface area contributed by atoms with E-state index < -0.39 is 0 Å². The number of anilines is 1. The smallest absolute Gasteiger partial charge is 0.229 e. The Bertz CT molecular complexity index is 696. The van der Waals surface area contributed by atoms with Crippen molar-refractivity contribution < 1.29 is 14.4 Å². The number of rotatable bonds is 4. The molecule has 3 amide bonds. The summed E-state index contributed by atoms with van der Waals surface area (Å²) in [7, 11) is 0. The zero-order valence-electron chi connectivity index (χ0n) is 16.9. The summed E-state index contributed by atoms with van der Waals surface area (Å²) in [6.45, 7) is 6.34. The first-order chi connectivity index (χ1) is 13.5. The van der Waals surface area contributed by atoms with Crippen LogP contribution < -0.4 is 5.32 Å². The molecule has 28 heavy (non-hydrogen) atoms. The number of piperidine rings is 2. The molecule has 2 aliphatic rings. The first-order valence-corrected chi connectivity index (χ1v) is 10.4. The number of hydrogen-bond acceptors (Lipinski definition) is 3. The van der Waals surface area contributed by atoms with Crippen LogP contribution in [-0.2, 0) is 14.4 Å². The van der Waals surface area contributed by atoms with Crippen molar-refractivity contribution in [3.05, 3.63) is 30.3 Å². The van der Waals surface area contributed by atoms with Crippen molar-refractivity contribution in [1.82, 2.24) is 9.80 Å². The number of para-hydroxylation sites is 1. The molecule has 0 spiro atoms. The van der Waals surface area contributed by atoms with Gasteiger partial charge in [0, 0.05) is 43.7 Å². The van der Waals surface area contributed by atoms with Crippen LogP contribution in [0.5, 0.6) is 0 Å². The van der Waals surface area contributed by atoms with Crippen LogP contribution in [0.1, 0.15) is 39.5 Å². The van der Waals surface area contributed by atoms with Crippen molar-refractivity contribution in [2.45, 2.75) is 39.5 Å². The lowest BCUT2D eigenvalue weighted by atomic mass is 9.91. The minimum Gasteiger partial charge on any atom is -0.342 e. The molecule has 0 aliphatic carbocycles. The van der Waals surface area contributed by atoms with E-state index in [4.69, 9.17) is 0 Å². The maximum Gasteiger partial charge on any atom is 0.229 e. The van der Waals surface area contributed by atoms with Crippen molar-refractivity contribution >= 4 is 23.4 Å². The van der Waals surface area contributed by atoms with E-state index in [-0.39, 0.29) is 35.5 Å². The first-order valence-electron chi connectivity index (χ1n) is 10.4. The fraction of sp³-hybridized carbons (Fsp3) is 0.591. The number of carbonyl (C=O) groups excluding carboxylic acids is 3. The number of amides is 3. The van der Waals surface area contributed by atoms with Crippen molar-refractivity contribution in [3.8, 4) is 0 Å². The Morgan fingerprint density at radius 3 is 2.25 bits per heavy atom. The van der Waals surface area contributed by atoms with Crippen LogP contribution in [0.25, 0.3) is 0 Å². The molecule has 1 N–H and O–H groups in total. The van der Waals surface area contributed by atoms with Gasteiger partial charge in [0.2, 0.25) is 17.7 Å². The molecular formula is C22H31N3O3. The third-order valence-electron chi connectivity index (χ3n) is 5.79. The molecule has 1 atom stereocenters. The number of likely N-dealkylation sites (tertiary alicyclic amines) is 2. The topological polar surface area (TPSA) is 69.7 Å². The highest BCUT2D eigenvalue weighted by atomic mass is 16.2. The SMILES string of the molecule is CC(C)C(=O)N1CCC(C(=O)N2CCCC(C(=O)Nc3ccccc3)C2)CC1. The molecule has 0 radical (unpaired) electrons. The van der Waals surface area contributed by atoms with Gasteiger partial charge in [0.15, 0.2) is 0 Å². The lowest BCUT2D eigenvalue weighted by Crippen LogP contribution is -2.49. The van der Waals surface area contributed by atoms with Gasteiger partial charge in [-0.1, -0.05) is 32.0 Å². The second kappa shape index (κ2) is 9.22. The zero-order chi connectivity index (χ0) is 20.1. The van der Waals surface area contributed by atoms with Crippen LogP contribution in [0.2, 0.25) is 0 Å². The van der Waals surface area contributed by atoms with Gasteiger partial charge in [-0.15, -0.1) is 0 Å². The van der Waals surface area contributed by atoms with E-state index in [0.717, 1.165) is 25.1 Å².